The van der Waals surface area contributed by atoms with Gasteiger partial charge in [-0.15, -0.1) is 0 Å². The number of nitrogens with two attached hydrogens (primary N) is 1. The fraction of sp³-hybridized carbons (Fsp3) is 0.176. The van der Waals surface area contributed by atoms with E-state index in [-0.39, 0.29) is 5.82 Å². The summed E-state index contributed by atoms with van der Waals surface area (Å²) >= 11 is 0. The number of nitrogens with zero attached hydrogens (tertiary/aromatic N) is 2. The van der Waals surface area contributed by atoms with Crippen molar-refractivity contribution in [1.82, 2.24) is 9.97 Å². The van der Waals surface area contributed by atoms with E-state index < -0.39 is 0 Å². The zero-order valence-electron chi connectivity index (χ0n) is 12.0. The summed E-state index contributed by atoms with van der Waals surface area (Å²) in [5.41, 5.74) is 9.45. The van der Waals surface area contributed by atoms with Crippen LogP contribution in [-0.4, -0.2) is 9.97 Å². The Morgan fingerprint density at radius 3 is 2.71 bits per heavy atom. The number of rotatable bonds is 2. The molecule has 0 amide bonds. The molecule has 0 aliphatic carbocycles. The summed E-state index contributed by atoms with van der Waals surface area (Å²) in [4.78, 5) is 8.67. The lowest BCUT2D eigenvalue weighted by molar-refractivity contribution is 0.632. The second-order valence-corrected chi connectivity index (χ2v) is 5.07. The van der Waals surface area contributed by atoms with Gasteiger partial charge in [-0.3, -0.25) is 4.98 Å². The van der Waals surface area contributed by atoms with Gasteiger partial charge in [0.15, 0.2) is 0 Å². The molecule has 3 rings (SSSR count). The number of halogens is 1. The summed E-state index contributed by atoms with van der Waals surface area (Å²) in [7, 11) is 0. The van der Waals surface area contributed by atoms with Crippen molar-refractivity contribution in [2.24, 2.45) is 0 Å². The first-order valence-corrected chi connectivity index (χ1v) is 6.90. The number of benzene rings is 1. The third kappa shape index (κ3) is 2.33. The van der Waals surface area contributed by atoms with Gasteiger partial charge in [0.05, 0.1) is 5.52 Å². The molecular formula is C17H16FN3. The van der Waals surface area contributed by atoms with E-state index >= 15 is 0 Å². The van der Waals surface area contributed by atoms with Crippen LogP contribution in [0.2, 0.25) is 0 Å². The van der Waals surface area contributed by atoms with Crippen molar-refractivity contribution in [3.05, 3.63) is 53.6 Å². The summed E-state index contributed by atoms with van der Waals surface area (Å²) in [6.07, 6.45) is 2.36. The highest BCUT2D eigenvalue weighted by Crippen LogP contribution is 2.31. The summed E-state index contributed by atoms with van der Waals surface area (Å²) in [6, 6.07) is 8.97. The number of hydrogen-bond acceptors (Lipinski definition) is 3. The standard InChI is InChI=1S/C17H16FN3/c1-3-11-8-13(9-20-17(11)19)15-14(18)7-6-12-5-4-10(2)21-16(12)15/h4-9H,3H2,1-2H3,(H2,19,20). The lowest BCUT2D eigenvalue weighted by Crippen LogP contribution is -1.98. The van der Waals surface area contributed by atoms with Crippen LogP contribution in [-0.2, 0) is 6.42 Å². The monoisotopic (exact) mass is 281 g/mol. The molecule has 3 aromatic rings. The van der Waals surface area contributed by atoms with E-state index in [4.69, 9.17) is 5.73 Å². The van der Waals surface area contributed by atoms with Crippen LogP contribution in [0.1, 0.15) is 18.2 Å². The van der Waals surface area contributed by atoms with Gasteiger partial charge < -0.3 is 5.73 Å². The molecule has 0 aliphatic heterocycles. The highest BCUT2D eigenvalue weighted by molar-refractivity contribution is 5.94. The van der Waals surface area contributed by atoms with Crippen LogP contribution >= 0.6 is 0 Å². The topological polar surface area (TPSA) is 51.8 Å². The first-order valence-electron chi connectivity index (χ1n) is 6.90. The maximum absolute atomic E-state index is 14.4. The van der Waals surface area contributed by atoms with E-state index in [0.29, 0.717) is 22.5 Å². The molecule has 106 valence electrons. The van der Waals surface area contributed by atoms with Crippen LogP contribution in [0.4, 0.5) is 10.2 Å². The van der Waals surface area contributed by atoms with Crippen molar-refractivity contribution in [1.29, 1.82) is 0 Å². The van der Waals surface area contributed by atoms with Crippen LogP contribution < -0.4 is 5.73 Å². The molecule has 0 fully saturated rings. The maximum Gasteiger partial charge on any atom is 0.133 e. The van der Waals surface area contributed by atoms with Gasteiger partial charge in [-0.25, -0.2) is 9.37 Å². The van der Waals surface area contributed by atoms with Gasteiger partial charge in [0, 0.05) is 28.4 Å². The Balaban J connectivity index is 2.33. The Hall–Kier alpha value is -2.49. The fourth-order valence-electron chi connectivity index (χ4n) is 2.48. The van der Waals surface area contributed by atoms with Crippen LogP contribution in [0.5, 0.6) is 0 Å². The average molecular weight is 281 g/mol. The van der Waals surface area contributed by atoms with Gasteiger partial charge >= 0.3 is 0 Å². The van der Waals surface area contributed by atoms with Gasteiger partial charge in [-0.05, 0) is 43.2 Å². The SMILES string of the molecule is CCc1cc(-c2c(F)ccc3ccc(C)nc23)cnc1N. The van der Waals surface area contributed by atoms with Crippen molar-refractivity contribution in [2.75, 3.05) is 5.73 Å². The molecule has 21 heavy (non-hydrogen) atoms. The second-order valence-electron chi connectivity index (χ2n) is 5.07. The molecule has 0 bridgehead atoms. The summed E-state index contributed by atoms with van der Waals surface area (Å²) < 4.78 is 14.4. The van der Waals surface area contributed by atoms with Crippen molar-refractivity contribution < 1.29 is 4.39 Å². The molecule has 0 saturated carbocycles. The molecule has 0 aliphatic rings. The number of nitrogen functional groups attached to an aromatic ring is 1. The van der Waals surface area contributed by atoms with Gasteiger partial charge in [0.1, 0.15) is 11.6 Å². The molecule has 0 spiro atoms. The highest BCUT2D eigenvalue weighted by atomic mass is 19.1. The second kappa shape index (κ2) is 5.13. The smallest absolute Gasteiger partial charge is 0.133 e. The van der Waals surface area contributed by atoms with E-state index in [2.05, 4.69) is 9.97 Å². The van der Waals surface area contributed by atoms with Crippen LogP contribution in [0.3, 0.4) is 0 Å². The Morgan fingerprint density at radius 2 is 1.95 bits per heavy atom. The summed E-state index contributed by atoms with van der Waals surface area (Å²) in [5.74, 6) is 0.195. The molecule has 2 heterocycles. The number of aryl methyl sites for hydroxylation is 2. The predicted octanol–water partition coefficient (Wildman–Crippen LogP) is 3.89. The number of pyridine rings is 2. The fourth-order valence-corrected chi connectivity index (χ4v) is 2.48. The van der Waals surface area contributed by atoms with Crippen LogP contribution in [0, 0.1) is 12.7 Å². The lowest BCUT2D eigenvalue weighted by Gasteiger charge is -2.10. The van der Waals surface area contributed by atoms with Crippen molar-refractivity contribution in [3.8, 4) is 11.1 Å². The highest BCUT2D eigenvalue weighted by Gasteiger charge is 2.13. The van der Waals surface area contributed by atoms with Crippen LogP contribution in [0.25, 0.3) is 22.0 Å². The molecule has 0 saturated heterocycles. The molecule has 0 radical (unpaired) electrons. The lowest BCUT2D eigenvalue weighted by atomic mass is 10.0. The summed E-state index contributed by atoms with van der Waals surface area (Å²) in [6.45, 7) is 3.89. The van der Waals surface area contributed by atoms with Gasteiger partial charge in [0.2, 0.25) is 0 Å². The number of hydrogen-bond donors (Lipinski definition) is 1. The first kappa shape index (κ1) is 13.5. The molecule has 1 aromatic carbocycles. The third-order valence-corrected chi connectivity index (χ3v) is 3.62. The molecule has 0 unspecified atom stereocenters. The Kier molecular flexibility index (Phi) is 3.29. The summed E-state index contributed by atoms with van der Waals surface area (Å²) in [5, 5.41) is 0.909. The number of fused-ring (bicyclic) bond motifs is 1. The quantitative estimate of drug-likeness (QED) is 0.775. The molecule has 3 nitrogen and oxygen atoms in total. The first-order chi connectivity index (χ1) is 10.1. The Labute approximate surface area is 122 Å². The normalized spacial score (nSPS) is 11.0. The molecule has 2 N–H and O–H groups in total. The van der Waals surface area contributed by atoms with Crippen LogP contribution in [0.15, 0.2) is 36.5 Å². The molecular weight excluding hydrogens is 265 g/mol. The van der Waals surface area contributed by atoms with E-state index in [1.54, 1.807) is 12.3 Å². The van der Waals surface area contributed by atoms with Crippen molar-refractivity contribution in [3.63, 3.8) is 0 Å². The number of aromatic nitrogens is 2. The number of anilines is 1. The largest absolute Gasteiger partial charge is 0.383 e. The maximum atomic E-state index is 14.4. The van der Waals surface area contributed by atoms with E-state index in [1.165, 1.54) is 6.07 Å². The zero-order chi connectivity index (χ0) is 15.0. The molecule has 4 heteroatoms. The molecule has 0 atom stereocenters. The Morgan fingerprint density at radius 1 is 1.19 bits per heavy atom. The van der Waals surface area contributed by atoms with E-state index in [0.717, 1.165) is 23.1 Å². The van der Waals surface area contributed by atoms with E-state index in [1.807, 2.05) is 32.0 Å². The van der Waals surface area contributed by atoms with Gasteiger partial charge in [-0.1, -0.05) is 13.0 Å². The minimum Gasteiger partial charge on any atom is -0.383 e. The minimum absolute atomic E-state index is 0.297. The van der Waals surface area contributed by atoms with Crippen molar-refractivity contribution >= 4 is 16.7 Å². The van der Waals surface area contributed by atoms with Crippen molar-refractivity contribution in [2.45, 2.75) is 20.3 Å². The van der Waals surface area contributed by atoms with E-state index in [9.17, 15) is 4.39 Å². The Bertz CT molecular complexity index is 822. The predicted molar refractivity (Wildman–Crippen MR) is 83.5 cm³/mol. The third-order valence-electron chi connectivity index (χ3n) is 3.62. The minimum atomic E-state index is -0.297. The zero-order valence-corrected chi connectivity index (χ0v) is 12.0. The molecule has 2 aromatic heterocycles. The average Bonchev–Trinajstić information content (AvgIpc) is 2.48. The van der Waals surface area contributed by atoms with Gasteiger partial charge in [0.25, 0.3) is 0 Å². The van der Waals surface area contributed by atoms with Gasteiger partial charge in [-0.2, -0.15) is 0 Å².